The highest BCUT2D eigenvalue weighted by Crippen LogP contribution is 2.42. The molecule has 4 rings (SSSR count). The number of piperidine rings is 1. The van der Waals surface area contributed by atoms with Crippen LogP contribution in [0.15, 0.2) is 34.1 Å². The van der Waals surface area contributed by atoms with E-state index in [1.165, 1.54) is 33.5 Å². The number of hydrogen-bond acceptors (Lipinski definition) is 6. The third-order valence-corrected chi connectivity index (χ3v) is 8.77. The summed E-state index contributed by atoms with van der Waals surface area (Å²) in [6.07, 6.45) is 2.66. The number of rotatable bonds is 4. The second kappa shape index (κ2) is 6.61. The van der Waals surface area contributed by atoms with Gasteiger partial charge in [0.2, 0.25) is 31.9 Å². The lowest BCUT2D eigenvalue weighted by Crippen LogP contribution is -2.53. The number of likely N-dealkylation sites (tertiary alicyclic amines) is 1. The standard InChI is InChI=1S/C17H21N3O6S2/c18-27(23,24)14-3-5-15(6-4-14)28(25,26)20-11-1-2-12(20)10-13(9-11)19-16(21)7-8-17(19)22/h3-6,11-13H,1-2,7-10H2,(H2,18,23,24). The van der Waals surface area contributed by atoms with Crippen LogP contribution in [0, 0.1) is 0 Å². The molecule has 3 aliphatic heterocycles. The van der Waals surface area contributed by atoms with Gasteiger partial charge in [-0.3, -0.25) is 14.5 Å². The predicted octanol–water partition coefficient (Wildman–Crippen LogP) is 0.167. The topological polar surface area (TPSA) is 135 Å². The minimum Gasteiger partial charge on any atom is -0.279 e. The zero-order valence-corrected chi connectivity index (χ0v) is 16.7. The van der Waals surface area contributed by atoms with E-state index in [2.05, 4.69) is 0 Å². The lowest BCUT2D eigenvalue weighted by atomic mass is 9.98. The molecule has 2 unspecified atom stereocenters. The number of fused-ring (bicyclic) bond motifs is 2. The number of primary sulfonamides is 1. The Hall–Kier alpha value is -1.82. The van der Waals surface area contributed by atoms with E-state index < -0.39 is 20.0 Å². The number of carbonyl (C=O) groups is 2. The second-order valence-corrected chi connectivity index (χ2v) is 10.9. The monoisotopic (exact) mass is 427 g/mol. The van der Waals surface area contributed by atoms with Crippen molar-refractivity contribution in [1.82, 2.24) is 9.21 Å². The average molecular weight is 428 g/mol. The maximum atomic E-state index is 13.2. The molecule has 2 bridgehead atoms. The lowest BCUT2D eigenvalue weighted by Gasteiger charge is -2.40. The highest BCUT2D eigenvalue weighted by atomic mass is 32.2. The van der Waals surface area contributed by atoms with Crippen LogP contribution in [0.2, 0.25) is 0 Å². The zero-order chi connectivity index (χ0) is 20.3. The Bertz CT molecular complexity index is 1010. The van der Waals surface area contributed by atoms with Gasteiger partial charge in [0.25, 0.3) is 0 Å². The molecule has 11 heteroatoms. The summed E-state index contributed by atoms with van der Waals surface area (Å²) < 4.78 is 50.6. The Labute approximate surface area is 163 Å². The van der Waals surface area contributed by atoms with Gasteiger partial charge in [0, 0.05) is 31.0 Å². The first-order valence-corrected chi connectivity index (χ1v) is 12.1. The van der Waals surface area contributed by atoms with E-state index in [0.29, 0.717) is 25.7 Å². The molecular weight excluding hydrogens is 406 g/mol. The Morgan fingerprint density at radius 2 is 1.25 bits per heavy atom. The van der Waals surface area contributed by atoms with E-state index in [0.717, 1.165) is 0 Å². The number of hydrogen-bond donors (Lipinski definition) is 1. The first kappa shape index (κ1) is 19.5. The number of imide groups is 1. The molecule has 1 aromatic rings. The summed E-state index contributed by atoms with van der Waals surface area (Å²) in [6, 6.07) is 4.02. The highest BCUT2D eigenvalue weighted by molar-refractivity contribution is 7.89. The minimum absolute atomic E-state index is 0.00331. The summed E-state index contributed by atoms with van der Waals surface area (Å²) >= 11 is 0. The van der Waals surface area contributed by atoms with Gasteiger partial charge in [0.1, 0.15) is 0 Å². The normalized spacial score (nSPS) is 28.9. The van der Waals surface area contributed by atoms with E-state index in [1.807, 2.05) is 0 Å². The number of sulfonamides is 2. The molecular formula is C17H21N3O6S2. The Balaban J connectivity index is 1.59. The largest absolute Gasteiger partial charge is 0.279 e. The van der Waals surface area contributed by atoms with Crippen molar-refractivity contribution in [3.63, 3.8) is 0 Å². The van der Waals surface area contributed by atoms with E-state index in [4.69, 9.17) is 5.14 Å². The van der Waals surface area contributed by atoms with Crippen LogP contribution >= 0.6 is 0 Å². The van der Waals surface area contributed by atoms with Gasteiger partial charge in [-0.25, -0.2) is 22.0 Å². The minimum atomic E-state index is -3.90. The van der Waals surface area contributed by atoms with Crippen LogP contribution in [-0.4, -0.2) is 56.0 Å². The fourth-order valence-electron chi connectivity index (χ4n) is 4.63. The summed E-state index contributed by atoms with van der Waals surface area (Å²) in [4.78, 5) is 25.3. The maximum Gasteiger partial charge on any atom is 0.243 e. The van der Waals surface area contributed by atoms with Crippen molar-refractivity contribution in [2.24, 2.45) is 5.14 Å². The molecule has 0 radical (unpaired) electrons. The quantitative estimate of drug-likeness (QED) is 0.681. The molecule has 3 fully saturated rings. The third-order valence-electron chi connectivity index (χ3n) is 5.82. The van der Waals surface area contributed by atoms with Crippen LogP contribution in [0.4, 0.5) is 0 Å². The van der Waals surface area contributed by atoms with Gasteiger partial charge in [-0.1, -0.05) is 0 Å². The van der Waals surface area contributed by atoms with Gasteiger partial charge in [-0.2, -0.15) is 4.31 Å². The van der Waals surface area contributed by atoms with Crippen molar-refractivity contribution in [3.8, 4) is 0 Å². The Morgan fingerprint density at radius 1 is 0.786 bits per heavy atom. The molecule has 1 aromatic carbocycles. The molecule has 3 aliphatic rings. The molecule has 0 aromatic heterocycles. The summed E-state index contributed by atoms with van der Waals surface area (Å²) in [5, 5.41) is 5.06. The van der Waals surface area contributed by atoms with E-state index in [-0.39, 0.29) is 52.6 Å². The van der Waals surface area contributed by atoms with Gasteiger partial charge in [-0.05, 0) is 49.9 Å². The number of nitrogens with two attached hydrogens (primary N) is 1. The summed E-state index contributed by atoms with van der Waals surface area (Å²) in [6.45, 7) is 0. The van der Waals surface area contributed by atoms with Gasteiger partial charge in [0.15, 0.2) is 0 Å². The zero-order valence-electron chi connectivity index (χ0n) is 15.0. The molecule has 2 amide bonds. The van der Waals surface area contributed by atoms with E-state index >= 15 is 0 Å². The molecule has 3 saturated heterocycles. The molecule has 152 valence electrons. The van der Waals surface area contributed by atoms with E-state index in [9.17, 15) is 26.4 Å². The third kappa shape index (κ3) is 3.15. The van der Waals surface area contributed by atoms with Crippen molar-refractivity contribution in [3.05, 3.63) is 24.3 Å². The second-order valence-electron chi connectivity index (χ2n) is 7.52. The van der Waals surface area contributed by atoms with Crippen LogP contribution in [0.3, 0.4) is 0 Å². The van der Waals surface area contributed by atoms with Crippen molar-refractivity contribution >= 4 is 31.9 Å². The SMILES string of the molecule is NS(=O)(=O)c1ccc(S(=O)(=O)N2C3CCC2CC(N2C(=O)CCC2=O)C3)cc1. The van der Waals surface area contributed by atoms with Gasteiger partial charge >= 0.3 is 0 Å². The molecule has 3 heterocycles. The molecule has 9 nitrogen and oxygen atoms in total. The predicted molar refractivity (Wildman–Crippen MR) is 97.8 cm³/mol. The van der Waals surface area contributed by atoms with Gasteiger partial charge in [0.05, 0.1) is 9.79 Å². The van der Waals surface area contributed by atoms with Crippen LogP contribution in [0.25, 0.3) is 0 Å². The lowest BCUT2D eigenvalue weighted by molar-refractivity contribution is -0.142. The molecule has 0 saturated carbocycles. The first-order chi connectivity index (χ1) is 13.1. The number of carbonyl (C=O) groups excluding carboxylic acids is 2. The molecule has 28 heavy (non-hydrogen) atoms. The van der Waals surface area contributed by atoms with Crippen LogP contribution in [0.1, 0.15) is 38.5 Å². The number of nitrogens with zero attached hydrogens (tertiary/aromatic N) is 2. The number of amides is 2. The Morgan fingerprint density at radius 3 is 1.71 bits per heavy atom. The summed E-state index contributed by atoms with van der Waals surface area (Å²) in [5.74, 6) is -0.353. The summed E-state index contributed by atoms with van der Waals surface area (Å²) in [5.41, 5.74) is 0. The summed E-state index contributed by atoms with van der Waals surface area (Å²) in [7, 11) is -7.73. The van der Waals surface area contributed by atoms with Crippen molar-refractivity contribution in [1.29, 1.82) is 0 Å². The fraction of sp³-hybridized carbons (Fsp3) is 0.529. The van der Waals surface area contributed by atoms with Crippen molar-refractivity contribution < 1.29 is 26.4 Å². The molecule has 2 N–H and O–H groups in total. The Kier molecular flexibility index (Phi) is 4.60. The smallest absolute Gasteiger partial charge is 0.243 e. The van der Waals surface area contributed by atoms with Gasteiger partial charge in [-0.15, -0.1) is 0 Å². The fourth-order valence-corrected chi connectivity index (χ4v) is 7.04. The van der Waals surface area contributed by atoms with Gasteiger partial charge < -0.3 is 0 Å². The first-order valence-electron chi connectivity index (χ1n) is 9.10. The van der Waals surface area contributed by atoms with Crippen molar-refractivity contribution in [2.45, 2.75) is 66.4 Å². The maximum absolute atomic E-state index is 13.2. The average Bonchev–Trinajstić information content (AvgIpc) is 3.11. The van der Waals surface area contributed by atoms with E-state index in [1.54, 1.807) is 0 Å². The number of benzene rings is 1. The van der Waals surface area contributed by atoms with Crippen LogP contribution in [0.5, 0.6) is 0 Å². The molecule has 0 aliphatic carbocycles. The van der Waals surface area contributed by atoms with Crippen LogP contribution < -0.4 is 5.14 Å². The van der Waals surface area contributed by atoms with Crippen LogP contribution in [-0.2, 0) is 29.6 Å². The van der Waals surface area contributed by atoms with Crippen molar-refractivity contribution in [2.75, 3.05) is 0 Å². The highest BCUT2D eigenvalue weighted by Gasteiger charge is 2.50. The molecule has 0 spiro atoms. The molecule has 2 atom stereocenters.